The fourth-order valence-corrected chi connectivity index (χ4v) is 2.33. The molecule has 0 aliphatic heterocycles. The van der Waals surface area contributed by atoms with Gasteiger partial charge in [0, 0.05) is 25.4 Å². The van der Waals surface area contributed by atoms with Crippen molar-refractivity contribution in [2.75, 3.05) is 7.05 Å². The van der Waals surface area contributed by atoms with Crippen molar-refractivity contribution in [1.82, 2.24) is 20.0 Å². The first-order valence-corrected chi connectivity index (χ1v) is 7.33. The van der Waals surface area contributed by atoms with Gasteiger partial charge in [0.15, 0.2) is 5.82 Å². The van der Waals surface area contributed by atoms with Gasteiger partial charge in [0.25, 0.3) is 0 Å². The predicted molar refractivity (Wildman–Crippen MR) is 82.9 cm³/mol. The minimum atomic E-state index is -0.257. The summed E-state index contributed by atoms with van der Waals surface area (Å²) >= 11 is 0. The highest BCUT2D eigenvalue weighted by molar-refractivity contribution is 5.20. The molecule has 6 heteroatoms. The Morgan fingerprint density at radius 1 is 1.13 bits per heavy atom. The van der Waals surface area contributed by atoms with Gasteiger partial charge in [-0.2, -0.15) is 4.98 Å². The van der Waals surface area contributed by atoms with Crippen LogP contribution in [0, 0.1) is 5.82 Å². The molecule has 0 atom stereocenters. The van der Waals surface area contributed by atoms with Gasteiger partial charge >= 0.3 is 0 Å². The van der Waals surface area contributed by atoms with E-state index in [1.54, 1.807) is 24.4 Å². The van der Waals surface area contributed by atoms with Crippen LogP contribution in [-0.2, 0) is 19.5 Å². The van der Waals surface area contributed by atoms with Gasteiger partial charge in [-0.3, -0.25) is 9.88 Å². The molecular weight excluding hydrogens is 295 g/mol. The van der Waals surface area contributed by atoms with Crippen LogP contribution in [0.15, 0.2) is 53.3 Å². The molecule has 0 unspecified atom stereocenters. The molecular formula is C17H17FN4O. The lowest BCUT2D eigenvalue weighted by Crippen LogP contribution is -2.17. The van der Waals surface area contributed by atoms with Crippen LogP contribution in [0.25, 0.3) is 0 Å². The molecule has 0 fully saturated rings. The Bertz CT molecular complexity index is 760. The normalized spacial score (nSPS) is 11.1. The maximum Gasteiger partial charge on any atom is 0.240 e. The molecule has 3 rings (SSSR count). The average Bonchev–Trinajstić information content (AvgIpc) is 2.97. The van der Waals surface area contributed by atoms with E-state index in [1.807, 2.05) is 25.4 Å². The van der Waals surface area contributed by atoms with Crippen molar-refractivity contribution in [3.05, 3.63) is 77.5 Å². The van der Waals surface area contributed by atoms with Gasteiger partial charge in [-0.15, -0.1) is 0 Å². The zero-order chi connectivity index (χ0) is 16.1. The van der Waals surface area contributed by atoms with Crippen LogP contribution in [-0.4, -0.2) is 27.1 Å². The molecule has 23 heavy (non-hydrogen) atoms. The Balaban J connectivity index is 1.60. The predicted octanol–water partition coefficient (Wildman–Crippen LogP) is 2.83. The van der Waals surface area contributed by atoms with Crippen molar-refractivity contribution in [2.24, 2.45) is 0 Å². The summed E-state index contributed by atoms with van der Waals surface area (Å²) < 4.78 is 18.9. The molecule has 0 aliphatic rings. The Morgan fingerprint density at radius 3 is 2.78 bits per heavy atom. The Morgan fingerprint density at radius 2 is 2.00 bits per heavy atom. The second-order valence-electron chi connectivity index (χ2n) is 5.41. The molecule has 0 N–H and O–H groups in total. The van der Waals surface area contributed by atoms with E-state index in [-0.39, 0.29) is 5.82 Å². The second kappa shape index (κ2) is 7.11. The lowest BCUT2D eigenvalue weighted by molar-refractivity contribution is 0.260. The van der Waals surface area contributed by atoms with Crippen LogP contribution < -0.4 is 0 Å². The lowest BCUT2D eigenvalue weighted by atomic mass is 10.1. The molecule has 0 saturated carbocycles. The third-order valence-electron chi connectivity index (χ3n) is 3.40. The largest absolute Gasteiger partial charge is 0.338 e. The van der Waals surface area contributed by atoms with E-state index in [9.17, 15) is 4.39 Å². The minimum absolute atomic E-state index is 0.257. The highest BCUT2D eigenvalue weighted by Gasteiger charge is 2.11. The number of halogens is 1. The zero-order valence-electron chi connectivity index (χ0n) is 12.8. The van der Waals surface area contributed by atoms with E-state index in [2.05, 4.69) is 20.0 Å². The molecule has 0 bridgehead atoms. The first kappa shape index (κ1) is 15.3. The Labute approximate surface area is 133 Å². The summed E-state index contributed by atoms with van der Waals surface area (Å²) in [5, 5.41) is 3.92. The van der Waals surface area contributed by atoms with E-state index >= 15 is 0 Å². The SMILES string of the molecule is CN(Cc1cccnc1)Cc1nc(Cc2ccccc2F)no1. The first-order valence-electron chi connectivity index (χ1n) is 7.33. The highest BCUT2D eigenvalue weighted by Crippen LogP contribution is 2.12. The average molecular weight is 312 g/mol. The summed E-state index contributed by atoms with van der Waals surface area (Å²) in [6.07, 6.45) is 3.90. The number of hydrogen-bond donors (Lipinski definition) is 0. The second-order valence-corrected chi connectivity index (χ2v) is 5.41. The number of hydrogen-bond acceptors (Lipinski definition) is 5. The molecule has 0 saturated heterocycles. The van der Waals surface area contributed by atoms with E-state index in [4.69, 9.17) is 4.52 Å². The van der Waals surface area contributed by atoms with Crippen molar-refractivity contribution in [3.63, 3.8) is 0 Å². The van der Waals surface area contributed by atoms with Crippen LogP contribution in [0.4, 0.5) is 4.39 Å². The summed E-state index contributed by atoms with van der Waals surface area (Å²) in [7, 11) is 1.97. The third kappa shape index (κ3) is 4.20. The minimum Gasteiger partial charge on any atom is -0.338 e. The van der Waals surface area contributed by atoms with Crippen molar-refractivity contribution in [2.45, 2.75) is 19.5 Å². The molecule has 5 nitrogen and oxygen atoms in total. The Hall–Kier alpha value is -2.60. The zero-order valence-corrected chi connectivity index (χ0v) is 12.8. The van der Waals surface area contributed by atoms with E-state index in [0.29, 0.717) is 30.2 Å². The summed E-state index contributed by atoms with van der Waals surface area (Å²) in [5.41, 5.74) is 1.67. The van der Waals surface area contributed by atoms with Crippen molar-refractivity contribution < 1.29 is 8.91 Å². The number of rotatable bonds is 6. The van der Waals surface area contributed by atoms with Crippen LogP contribution in [0.2, 0.25) is 0 Å². The molecule has 118 valence electrons. The third-order valence-corrected chi connectivity index (χ3v) is 3.40. The molecule has 0 aliphatic carbocycles. The van der Waals surface area contributed by atoms with Crippen LogP contribution in [0.5, 0.6) is 0 Å². The fraction of sp³-hybridized carbons (Fsp3) is 0.235. The molecule has 0 spiro atoms. The number of aromatic nitrogens is 3. The van der Waals surface area contributed by atoms with Crippen molar-refractivity contribution in [1.29, 1.82) is 0 Å². The van der Waals surface area contributed by atoms with Gasteiger partial charge in [0.2, 0.25) is 5.89 Å². The van der Waals surface area contributed by atoms with E-state index < -0.39 is 0 Å². The Kier molecular flexibility index (Phi) is 4.73. The van der Waals surface area contributed by atoms with Crippen LogP contribution in [0.3, 0.4) is 0 Å². The standard InChI is InChI=1S/C17H17FN4O/c1-22(11-13-5-4-8-19-10-13)12-17-20-16(21-23-17)9-14-6-2-3-7-15(14)18/h2-8,10H,9,11-12H2,1H3. The lowest BCUT2D eigenvalue weighted by Gasteiger charge is -2.13. The van der Waals surface area contributed by atoms with Crippen molar-refractivity contribution in [3.8, 4) is 0 Å². The summed E-state index contributed by atoms with van der Waals surface area (Å²) in [6.45, 7) is 1.26. The maximum atomic E-state index is 13.6. The van der Waals surface area contributed by atoms with Gasteiger partial charge in [0.1, 0.15) is 5.82 Å². The highest BCUT2D eigenvalue weighted by atomic mass is 19.1. The van der Waals surface area contributed by atoms with Crippen LogP contribution in [0.1, 0.15) is 22.8 Å². The monoisotopic (exact) mass is 312 g/mol. The molecule has 1 aromatic carbocycles. The topological polar surface area (TPSA) is 55.1 Å². The van der Waals surface area contributed by atoms with Gasteiger partial charge in [-0.25, -0.2) is 4.39 Å². The van der Waals surface area contributed by atoms with Crippen LogP contribution >= 0.6 is 0 Å². The van der Waals surface area contributed by atoms with Gasteiger partial charge in [-0.05, 0) is 30.3 Å². The molecule has 0 amide bonds. The summed E-state index contributed by atoms with van der Waals surface area (Å²) in [4.78, 5) is 10.5. The van der Waals surface area contributed by atoms with Crippen molar-refractivity contribution >= 4 is 0 Å². The first-order chi connectivity index (χ1) is 11.2. The van der Waals surface area contributed by atoms with Gasteiger partial charge in [0.05, 0.1) is 6.54 Å². The van der Waals surface area contributed by atoms with Gasteiger partial charge < -0.3 is 4.52 Å². The van der Waals surface area contributed by atoms with Gasteiger partial charge in [-0.1, -0.05) is 29.4 Å². The summed E-state index contributed by atoms with van der Waals surface area (Å²) in [6, 6.07) is 10.5. The molecule has 0 radical (unpaired) electrons. The molecule has 2 heterocycles. The number of benzene rings is 1. The van der Waals surface area contributed by atoms with E-state index in [0.717, 1.165) is 12.1 Å². The summed E-state index contributed by atoms with van der Waals surface area (Å²) in [5.74, 6) is 0.746. The smallest absolute Gasteiger partial charge is 0.240 e. The molecule has 3 aromatic rings. The molecule has 2 aromatic heterocycles. The number of nitrogens with zero attached hydrogens (tertiary/aromatic N) is 4. The van der Waals surface area contributed by atoms with E-state index in [1.165, 1.54) is 6.07 Å². The fourth-order valence-electron chi connectivity index (χ4n) is 2.33. The quantitative estimate of drug-likeness (QED) is 0.700. The maximum absolute atomic E-state index is 13.6. The number of pyridine rings is 1.